The quantitative estimate of drug-likeness (QED) is 0.414. The van der Waals surface area contributed by atoms with E-state index in [-0.39, 0.29) is 8.76 Å². The first kappa shape index (κ1) is 5.65. The average Bonchev–Trinajstić information content (AvgIpc) is 1.87. The van der Waals surface area contributed by atoms with Crippen LogP contribution in [0.1, 0.15) is 6.92 Å². The lowest BCUT2D eigenvalue weighted by Gasteiger charge is -1.80. The van der Waals surface area contributed by atoms with Crippen molar-refractivity contribution in [2.24, 2.45) is 9.57 Å². The Morgan fingerprint density at radius 3 is 2.71 bits per heavy atom. The van der Waals surface area contributed by atoms with Crippen LogP contribution in [-0.4, -0.2) is 5.04 Å². The molecule has 0 spiro atoms. The summed E-state index contributed by atoms with van der Waals surface area (Å²) in [5.74, 6) is 0. The van der Waals surface area contributed by atoms with E-state index in [1.54, 1.807) is 10.8 Å². The highest BCUT2D eigenvalue weighted by Crippen LogP contribution is 2.22. The van der Waals surface area contributed by atoms with Crippen LogP contribution in [0.5, 0.6) is 0 Å². The van der Waals surface area contributed by atoms with Crippen LogP contribution in [0, 0.1) is 0 Å². The molecular weight excluding hydrogens is 148 g/mol. The van der Waals surface area contributed by atoms with E-state index in [1.807, 2.05) is 6.92 Å². The largest absolute Gasteiger partial charge is 0.140 e. The second-order valence-corrected chi connectivity index (χ2v) is 5.62. The van der Waals surface area contributed by atoms with Crippen molar-refractivity contribution in [1.82, 2.24) is 0 Å². The molecule has 0 radical (unpaired) electrons. The van der Waals surface area contributed by atoms with Crippen LogP contribution in [0.4, 0.5) is 0 Å². The van der Waals surface area contributed by atoms with E-state index >= 15 is 0 Å². The molecule has 2 nitrogen and oxygen atoms in total. The molecule has 0 N–H and O–H groups in total. The maximum Gasteiger partial charge on any atom is 0.106 e. The minimum Gasteiger partial charge on any atom is -0.140 e. The Kier molecular flexibility index (Phi) is 1.77. The van der Waals surface area contributed by atoms with Crippen molar-refractivity contribution < 1.29 is 0 Å². The number of hydrogen-bond acceptors (Lipinski definition) is 3. The lowest BCUT2D eigenvalue weighted by Crippen LogP contribution is -1.71. The van der Waals surface area contributed by atoms with Gasteiger partial charge in [0.2, 0.25) is 0 Å². The Bertz CT molecular complexity index is 122. The summed E-state index contributed by atoms with van der Waals surface area (Å²) in [4.78, 5) is 0. The molecule has 0 bridgehead atoms. The molecule has 1 heterocycles. The summed E-state index contributed by atoms with van der Waals surface area (Å²) in [6.45, 7) is 1.93. The van der Waals surface area contributed by atoms with Gasteiger partial charge in [0.1, 0.15) is 5.04 Å². The maximum atomic E-state index is 4.06. The van der Waals surface area contributed by atoms with Gasteiger partial charge >= 0.3 is 0 Å². The predicted molar refractivity (Wildman–Crippen MR) is 39.5 cm³/mol. The third-order valence-electron chi connectivity index (χ3n) is 0.447. The third-order valence-corrected chi connectivity index (χ3v) is 3.40. The molecule has 0 aromatic heterocycles. The highest BCUT2D eigenvalue weighted by molar-refractivity contribution is 9.02. The van der Waals surface area contributed by atoms with E-state index in [0.717, 1.165) is 5.04 Å². The van der Waals surface area contributed by atoms with Crippen LogP contribution in [0.15, 0.2) is 9.57 Å². The molecule has 0 aromatic rings. The van der Waals surface area contributed by atoms with Crippen molar-refractivity contribution in [1.29, 1.82) is 0 Å². The first-order chi connectivity index (χ1) is 3.29. The van der Waals surface area contributed by atoms with Crippen molar-refractivity contribution in [3.05, 3.63) is 0 Å². The zero-order valence-electron chi connectivity index (χ0n) is 3.66. The minimum absolute atomic E-state index is 0.171. The predicted octanol–water partition coefficient (Wildman–Crippen LogP) is 1.63. The zero-order valence-corrected chi connectivity index (χ0v) is 6.19. The van der Waals surface area contributed by atoms with E-state index in [2.05, 4.69) is 21.2 Å². The molecule has 0 fully saturated rings. The second-order valence-electron chi connectivity index (χ2n) is 1.01. The van der Waals surface area contributed by atoms with Gasteiger partial charge in [0, 0.05) is 8.76 Å². The monoisotopic (exact) mass is 152 g/mol. The minimum atomic E-state index is -0.171. The summed E-state index contributed by atoms with van der Waals surface area (Å²) in [7, 11) is 1.43. The van der Waals surface area contributed by atoms with Crippen LogP contribution in [-0.2, 0) is 8.76 Å². The van der Waals surface area contributed by atoms with Crippen molar-refractivity contribution in [2.45, 2.75) is 6.92 Å². The average molecular weight is 152 g/mol. The SMILES string of the molecule is CC1=NN=S(S)S1. The number of thiol groups is 1. The topological polar surface area (TPSA) is 24.7 Å². The molecular formula is C2H4N2S3. The van der Waals surface area contributed by atoms with Crippen molar-refractivity contribution in [3.8, 4) is 0 Å². The van der Waals surface area contributed by atoms with E-state index in [4.69, 9.17) is 0 Å². The lowest BCUT2D eigenvalue weighted by molar-refractivity contribution is 1.30. The smallest absolute Gasteiger partial charge is 0.106 e. The van der Waals surface area contributed by atoms with E-state index in [9.17, 15) is 0 Å². The summed E-state index contributed by atoms with van der Waals surface area (Å²) in [5.41, 5.74) is 0. The molecule has 40 valence electrons. The highest BCUT2D eigenvalue weighted by Gasteiger charge is 2.00. The van der Waals surface area contributed by atoms with Gasteiger partial charge in [-0.3, -0.25) is 0 Å². The fourth-order valence-corrected chi connectivity index (χ4v) is 2.83. The van der Waals surface area contributed by atoms with Gasteiger partial charge in [-0.2, -0.15) is 0 Å². The molecule has 7 heavy (non-hydrogen) atoms. The van der Waals surface area contributed by atoms with Gasteiger partial charge in [-0.05, 0) is 17.7 Å². The van der Waals surface area contributed by atoms with Gasteiger partial charge in [0.15, 0.2) is 0 Å². The first-order valence-electron chi connectivity index (χ1n) is 1.66. The van der Waals surface area contributed by atoms with Crippen LogP contribution in [0.25, 0.3) is 0 Å². The van der Waals surface area contributed by atoms with Gasteiger partial charge in [-0.1, -0.05) is 11.7 Å². The summed E-state index contributed by atoms with van der Waals surface area (Å²) >= 11 is 4.06. The van der Waals surface area contributed by atoms with Crippen LogP contribution >= 0.6 is 22.5 Å². The van der Waals surface area contributed by atoms with Gasteiger partial charge in [-0.25, -0.2) is 0 Å². The summed E-state index contributed by atoms with van der Waals surface area (Å²) in [6.07, 6.45) is 0. The third kappa shape index (κ3) is 1.47. The molecule has 1 atom stereocenters. The van der Waals surface area contributed by atoms with Crippen molar-refractivity contribution in [2.75, 3.05) is 0 Å². The van der Waals surface area contributed by atoms with Crippen molar-refractivity contribution in [3.63, 3.8) is 0 Å². The normalized spacial score (nSPS) is 29.4. The molecule has 0 aliphatic carbocycles. The van der Waals surface area contributed by atoms with E-state index < -0.39 is 0 Å². The van der Waals surface area contributed by atoms with Crippen LogP contribution in [0.2, 0.25) is 0 Å². The zero-order chi connectivity index (χ0) is 5.28. The molecule has 5 heteroatoms. The fourth-order valence-electron chi connectivity index (χ4n) is 0.234. The van der Waals surface area contributed by atoms with Gasteiger partial charge < -0.3 is 0 Å². The van der Waals surface area contributed by atoms with E-state index in [1.165, 1.54) is 0 Å². The molecule has 0 saturated heterocycles. The summed E-state index contributed by atoms with van der Waals surface area (Å²) in [5, 5.41) is 4.77. The molecule has 1 unspecified atom stereocenters. The molecule has 0 amide bonds. The standard InChI is InChI=1S/C2H4N2S3/c1-2-3-4-7(5)6-2/h1H3,(H,4,5). The molecule has 1 aliphatic rings. The fraction of sp³-hybridized carbons (Fsp3) is 0.500. The molecule has 1 aliphatic heterocycles. The molecule has 0 aromatic carbocycles. The first-order valence-corrected chi connectivity index (χ1v) is 5.23. The Morgan fingerprint density at radius 1 is 1.86 bits per heavy atom. The summed E-state index contributed by atoms with van der Waals surface area (Å²) in [6, 6.07) is 0. The number of hydrogen-bond donors (Lipinski definition) is 1. The Balaban J connectivity index is 2.61. The molecule has 0 saturated carbocycles. The van der Waals surface area contributed by atoms with E-state index in [0.29, 0.717) is 0 Å². The van der Waals surface area contributed by atoms with Gasteiger partial charge in [-0.15, -0.1) is 9.57 Å². The Hall–Kier alpha value is 0.520. The maximum absolute atomic E-state index is 4.06. The molecule has 1 rings (SSSR count). The summed E-state index contributed by atoms with van der Waals surface area (Å²) < 4.78 is 3.76. The second kappa shape index (κ2) is 2.19. The van der Waals surface area contributed by atoms with Crippen LogP contribution in [0.3, 0.4) is 0 Å². The number of rotatable bonds is 0. The van der Waals surface area contributed by atoms with Gasteiger partial charge in [0.05, 0.1) is 0 Å². The Morgan fingerprint density at radius 2 is 2.57 bits per heavy atom. The Labute approximate surface area is 53.1 Å². The number of nitrogens with zero attached hydrogens (tertiary/aromatic N) is 2. The van der Waals surface area contributed by atoms with Crippen molar-refractivity contribution >= 4 is 36.3 Å². The van der Waals surface area contributed by atoms with Crippen LogP contribution < -0.4 is 0 Å². The highest BCUT2D eigenvalue weighted by atomic mass is 33.5. The lowest BCUT2D eigenvalue weighted by atomic mass is 10.9. The van der Waals surface area contributed by atoms with Gasteiger partial charge in [0.25, 0.3) is 0 Å².